The van der Waals surface area contributed by atoms with Gasteiger partial charge in [0.15, 0.2) is 5.43 Å². The maximum atomic E-state index is 11.8. The van der Waals surface area contributed by atoms with Crippen LogP contribution in [0.3, 0.4) is 0 Å². The van der Waals surface area contributed by atoms with Gasteiger partial charge in [-0.05, 0) is 47.9 Å². The highest BCUT2D eigenvalue weighted by Crippen LogP contribution is 2.43. The topological polar surface area (TPSA) is 76.7 Å². The third kappa shape index (κ3) is 2.88. The normalized spacial score (nSPS) is 11.2. The molecule has 0 bridgehead atoms. The highest BCUT2D eigenvalue weighted by atomic mass is 16.5. The maximum absolute atomic E-state index is 11.8. The number of phenols is 1. The summed E-state index contributed by atoms with van der Waals surface area (Å²) in [5.74, 6) is 0.0940. The molecule has 0 saturated carbocycles. The number of carbonyl (C=O) groups is 1. The molecule has 0 amide bonds. The lowest BCUT2D eigenvalue weighted by Crippen LogP contribution is -2.02. The molecule has 0 spiro atoms. The summed E-state index contributed by atoms with van der Waals surface area (Å²) in [4.78, 5) is 23.5. The number of para-hydroxylation sites is 1. The van der Waals surface area contributed by atoms with Crippen molar-refractivity contribution in [1.82, 2.24) is 0 Å². The molecule has 30 heavy (non-hydrogen) atoms. The number of phenolic OH excluding ortho intramolecular Hbond substituents is 1. The van der Waals surface area contributed by atoms with Crippen LogP contribution in [0.1, 0.15) is 6.92 Å². The monoisotopic (exact) mass is 396 g/mol. The third-order valence-electron chi connectivity index (χ3n) is 5.07. The maximum Gasteiger partial charge on any atom is 0.308 e. The second-order valence-corrected chi connectivity index (χ2v) is 7.07. The zero-order valence-electron chi connectivity index (χ0n) is 16.0. The van der Waals surface area contributed by atoms with Crippen molar-refractivity contribution in [2.75, 3.05) is 0 Å². The van der Waals surface area contributed by atoms with Crippen molar-refractivity contribution in [3.05, 3.63) is 83.0 Å². The van der Waals surface area contributed by atoms with Crippen molar-refractivity contribution in [3.63, 3.8) is 0 Å². The molecule has 1 N–H and O–H groups in total. The van der Waals surface area contributed by atoms with Crippen molar-refractivity contribution < 1.29 is 19.1 Å². The minimum Gasteiger partial charge on any atom is -0.508 e. The first-order valence-electron chi connectivity index (χ1n) is 9.41. The number of aromatic hydroxyl groups is 1. The summed E-state index contributed by atoms with van der Waals surface area (Å²) in [5, 5.41) is 13.1. The van der Waals surface area contributed by atoms with E-state index in [-0.39, 0.29) is 11.2 Å². The first-order valence-corrected chi connectivity index (χ1v) is 9.41. The number of carbonyl (C=O) groups excluding carboxylic acids is 1. The second kappa shape index (κ2) is 6.74. The standard InChI is InChI=1S/C25H16O5/c1-14(26)29-22-5-3-2-4-19(22)24-20-11-8-17(28)13-23(20)30-25-18-10-7-16(27)12-15(18)6-9-21(24)25/h2-13,28H,1H3. The van der Waals surface area contributed by atoms with E-state index in [1.807, 2.05) is 24.3 Å². The zero-order chi connectivity index (χ0) is 20.8. The molecule has 0 saturated heterocycles. The smallest absolute Gasteiger partial charge is 0.308 e. The molecule has 1 aromatic heterocycles. The van der Waals surface area contributed by atoms with E-state index >= 15 is 0 Å². The Hall–Kier alpha value is -4.12. The SMILES string of the molecule is CC(=O)Oc1ccccc1-c1c2ccc(O)cc2oc2c1ccc1cc(=O)ccc12. The fourth-order valence-corrected chi connectivity index (χ4v) is 3.85. The van der Waals surface area contributed by atoms with Gasteiger partial charge in [-0.15, -0.1) is 0 Å². The number of hydrogen-bond donors (Lipinski definition) is 1. The molecule has 4 aromatic carbocycles. The first kappa shape index (κ1) is 17.9. The van der Waals surface area contributed by atoms with E-state index in [1.54, 1.807) is 42.5 Å². The summed E-state index contributed by atoms with van der Waals surface area (Å²) in [5.41, 5.74) is 2.52. The molecule has 5 aromatic rings. The summed E-state index contributed by atoms with van der Waals surface area (Å²) >= 11 is 0. The van der Waals surface area contributed by atoms with Crippen LogP contribution >= 0.6 is 0 Å². The molecule has 0 radical (unpaired) electrons. The van der Waals surface area contributed by atoms with Gasteiger partial charge >= 0.3 is 5.97 Å². The molecule has 5 rings (SSSR count). The third-order valence-corrected chi connectivity index (χ3v) is 5.07. The fraction of sp³-hybridized carbons (Fsp3) is 0.0400. The van der Waals surface area contributed by atoms with E-state index in [1.165, 1.54) is 13.0 Å². The Morgan fingerprint density at radius 1 is 0.900 bits per heavy atom. The van der Waals surface area contributed by atoms with Gasteiger partial charge in [0.2, 0.25) is 0 Å². The molecular formula is C25H16O5. The molecule has 0 fully saturated rings. The lowest BCUT2D eigenvalue weighted by molar-refractivity contribution is -0.131. The van der Waals surface area contributed by atoms with Crippen molar-refractivity contribution in [2.45, 2.75) is 6.92 Å². The van der Waals surface area contributed by atoms with Gasteiger partial charge in [0.25, 0.3) is 0 Å². The summed E-state index contributed by atoms with van der Waals surface area (Å²) in [6.07, 6.45) is 0. The molecule has 0 atom stereocenters. The van der Waals surface area contributed by atoms with Crippen molar-refractivity contribution in [1.29, 1.82) is 0 Å². The molecule has 0 unspecified atom stereocenters. The van der Waals surface area contributed by atoms with E-state index in [0.717, 1.165) is 32.7 Å². The van der Waals surface area contributed by atoms with E-state index < -0.39 is 5.97 Å². The molecule has 146 valence electrons. The number of benzene rings is 4. The lowest BCUT2D eigenvalue weighted by Gasteiger charge is -2.15. The summed E-state index contributed by atoms with van der Waals surface area (Å²) in [6, 6.07) is 20.8. The Morgan fingerprint density at radius 2 is 1.67 bits per heavy atom. The van der Waals surface area contributed by atoms with E-state index in [4.69, 9.17) is 9.15 Å². The predicted octanol–water partition coefficient (Wildman–Crippen LogP) is 5.40. The molecule has 0 aliphatic carbocycles. The first-order chi connectivity index (χ1) is 14.5. The van der Waals surface area contributed by atoms with Crippen molar-refractivity contribution in [2.24, 2.45) is 0 Å². The lowest BCUT2D eigenvalue weighted by atomic mass is 9.94. The van der Waals surface area contributed by atoms with Gasteiger partial charge in [-0.25, -0.2) is 0 Å². The van der Waals surface area contributed by atoms with Gasteiger partial charge in [-0.3, -0.25) is 9.59 Å². The van der Waals surface area contributed by atoms with Gasteiger partial charge in [0, 0.05) is 40.3 Å². The molecule has 1 heterocycles. The van der Waals surface area contributed by atoms with Crippen LogP contribution in [-0.4, -0.2) is 11.1 Å². The Labute approximate surface area is 170 Å². The molecule has 5 heteroatoms. The Morgan fingerprint density at radius 3 is 2.50 bits per heavy atom. The van der Waals surface area contributed by atoms with E-state index in [2.05, 4.69) is 0 Å². The molecule has 0 aliphatic rings. The number of hydrogen-bond acceptors (Lipinski definition) is 5. The zero-order valence-corrected chi connectivity index (χ0v) is 16.0. The summed E-state index contributed by atoms with van der Waals surface area (Å²) < 4.78 is 11.7. The number of ether oxygens (including phenoxy) is 1. The Bertz CT molecular complexity index is 1530. The Balaban J connectivity index is 1.98. The molecule has 5 nitrogen and oxygen atoms in total. The number of esters is 1. The van der Waals surface area contributed by atoms with Gasteiger partial charge < -0.3 is 14.3 Å². The van der Waals surface area contributed by atoms with Crippen LogP contribution in [0.4, 0.5) is 0 Å². The molecule has 0 aliphatic heterocycles. The minimum absolute atomic E-state index is 0.0758. The van der Waals surface area contributed by atoms with Crippen LogP contribution in [0.25, 0.3) is 43.8 Å². The van der Waals surface area contributed by atoms with Gasteiger partial charge in [0.05, 0.1) is 0 Å². The molecular weight excluding hydrogens is 380 g/mol. The second-order valence-electron chi connectivity index (χ2n) is 7.07. The number of rotatable bonds is 2. The van der Waals surface area contributed by atoms with E-state index in [0.29, 0.717) is 16.9 Å². The van der Waals surface area contributed by atoms with Crippen LogP contribution in [-0.2, 0) is 4.79 Å². The predicted molar refractivity (Wildman–Crippen MR) is 116 cm³/mol. The van der Waals surface area contributed by atoms with E-state index in [9.17, 15) is 14.7 Å². The average molecular weight is 396 g/mol. The fourth-order valence-electron chi connectivity index (χ4n) is 3.85. The highest BCUT2D eigenvalue weighted by molar-refractivity contribution is 6.16. The largest absolute Gasteiger partial charge is 0.508 e. The van der Waals surface area contributed by atoms with Crippen LogP contribution in [0, 0.1) is 0 Å². The van der Waals surface area contributed by atoms with Gasteiger partial charge in [-0.2, -0.15) is 0 Å². The van der Waals surface area contributed by atoms with Crippen molar-refractivity contribution >= 4 is 38.7 Å². The van der Waals surface area contributed by atoms with Crippen LogP contribution in [0.2, 0.25) is 0 Å². The quantitative estimate of drug-likeness (QED) is 0.187. The highest BCUT2D eigenvalue weighted by Gasteiger charge is 2.18. The van der Waals surface area contributed by atoms with Crippen LogP contribution < -0.4 is 10.2 Å². The Kier molecular flexibility index (Phi) is 4.03. The average Bonchev–Trinajstić information content (AvgIpc) is 2.72. The van der Waals surface area contributed by atoms with Crippen LogP contribution in [0.15, 0.2) is 82.0 Å². The van der Waals surface area contributed by atoms with Crippen molar-refractivity contribution in [3.8, 4) is 22.6 Å². The summed E-state index contributed by atoms with van der Waals surface area (Å²) in [6.45, 7) is 1.36. The van der Waals surface area contributed by atoms with Gasteiger partial charge in [0.1, 0.15) is 22.7 Å². The number of fused-ring (bicyclic) bond motifs is 4. The van der Waals surface area contributed by atoms with Gasteiger partial charge in [-0.1, -0.05) is 24.3 Å². The summed E-state index contributed by atoms with van der Waals surface area (Å²) in [7, 11) is 0. The minimum atomic E-state index is -0.414. The van der Waals surface area contributed by atoms with Crippen LogP contribution in [0.5, 0.6) is 11.5 Å².